The molecule has 0 bridgehead atoms. The molecular formula is C29H33NO2S. The fourth-order valence-electron chi connectivity index (χ4n) is 5.24. The first kappa shape index (κ1) is 22.4. The lowest BCUT2D eigenvalue weighted by Crippen LogP contribution is -2.30. The molecule has 2 aliphatic heterocycles. The Balaban J connectivity index is 1.31. The van der Waals surface area contributed by atoms with E-state index in [9.17, 15) is 5.11 Å². The summed E-state index contributed by atoms with van der Waals surface area (Å²) >= 11 is 1.96. The molecule has 1 saturated heterocycles. The number of nitrogens with zero attached hydrogens (tertiary/aromatic N) is 1. The normalized spacial score (nSPS) is 20.7. The Morgan fingerprint density at radius 1 is 0.879 bits per heavy atom. The van der Waals surface area contributed by atoms with E-state index >= 15 is 0 Å². The average molecular weight is 460 g/mol. The third-order valence-corrected chi connectivity index (χ3v) is 8.05. The van der Waals surface area contributed by atoms with Gasteiger partial charge in [-0.2, -0.15) is 0 Å². The van der Waals surface area contributed by atoms with Crippen molar-refractivity contribution in [3.05, 3.63) is 89.5 Å². The number of rotatable bonds is 7. The van der Waals surface area contributed by atoms with E-state index in [0.717, 1.165) is 17.1 Å². The van der Waals surface area contributed by atoms with Gasteiger partial charge in [0.05, 0.1) is 6.61 Å². The van der Waals surface area contributed by atoms with Crippen LogP contribution in [0.25, 0.3) is 0 Å². The number of hydrogen-bond acceptors (Lipinski definition) is 4. The second-order valence-corrected chi connectivity index (χ2v) is 10.4. The van der Waals surface area contributed by atoms with Crippen LogP contribution in [0.4, 0.5) is 0 Å². The van der Waals surface area contributed by atoms with Gasteiger partial charge in [-0.1, -0.05) is 48.9 Å². The van der Waals surface area contributed by atoms with Crippen LogP contribution in [-0.2, 0) is 0 Å². The van der Waals surface area contributed by atoms with Crippen LogP contribution in [-0.4, -0.2) is 42.0 Å². The van der Waals surface area contributed by atoms with E-state index in [1.807, 2.05) is 23.9 Å². The molecule has 0 saturated carbocycles. The molecule has 2 heterocycles. The van der Waals surface area contributed by atoms with Crippen molar-refractivity contribution >= 4 is 11.8 Å². The Morgan fingerprint density at radius 3 is 2.45 bits per heavy atom. The smallest absolute Gasteiger partial charge is 0.123 e. The van der Waals surface area contributed by atoms with Crippen molar-refractivity contribution < 1.29 is 9.84 Å². The number of aromatic hydroxyl groups is 1. The summed E-state index contributed by atoms with van der Waals surface area (Å²) in [6.45, 7) is 4.43. The molecule has 0 aliphatic carbocycles. The highest BCUT2D eigenvalue weighted by Crippen LogP contribution is 2.47. The van der Waals surface area contributed by atoms with Gasteiger partial charge in [-0.3, -0.25) is 0 Å². The second kappa shape index (κ2) is 10.7. The number of thioether (sulfide) groups is 1. The number of hydrogen-bond donors (Lipinski definition) is 1. The Labute approximate surface area is 201 Å². The first-order valence-electron chi connectivity index (χ1n) is 12.2. The van der Waals surface area contributed by atoms with Crippen molar-refractivity contribution in [2.24, 2.45) is 0 Å². The first-order chi connectivity index (χ1) is 16.3. The van der Waals surface area contributed by atoms with E-state index in [0.29, 0.717) is 6.61 Å². The highest BCUT2D eigenvalue weighted by atomic mass is 32.2. The van der Waals surface area contributed by atoms with E-state index in [1.54, 1.807) is 6.07 Å². The third-order valence-electron chi connectivity index (χ3n) is 6.95. The minimum Gasteiger partial charge on any atom is -0.508 e. The lowest BCUT2D eigenvalue weighted by atomic mass is 9.76. The molecule has 2 aliphatic rings. The monoisotopic (exact) mass is 459 g/mol. The van der Waals surface area contributed by atoms with Crippen molar-refractivity contribution in [2.75, 3.05) is 32.0 Å². The summed E-state index contributed by atoms with van der Waals surface area (Å²) in [5, 5.41) is 10.2. The third kappa shape index (κ3) is 5.39. The number of phenols is 1. The molecule has 33 heavy (non-hydrogen) atoms. The van der Waals surface area contributed by atoms with Gasteiger partial charge in [-0.05, 0) is 86.1 Å². The van der Waals surface area contributed by atoms with Crippen LogP contribution in [0.5, 0.6) is 11.5 Å². The molecule has 2 atom stereocenters. The van der Waals surface area contributed by atoms with E-state index < -0.39 is 0 Å². The predicted octanol–water partition coefficient (Wildman–Crippen LogP) is 6.67. The van der Waals surface area contributed by atoms with E-state index in [4.69, 9.17) is 4.74 Å². The topological polar surface area (TPSA) is 32.7 Å². The number of likely N-dealkylation sites (tertiary alicyclic amines) is 1. The molecule has 3 aromatic carbocycles. The van der Waals surface area contributed by atoms with Gasteiger partial charge in [0.25, 0.3) is 0 Å². The summed E-state index contributed by atoms with van der Waals surface area (Å²) in [5.74, 6) is 2.69. The summed E-state index contributed by atoms with van der Waals surface area (Å²) in [4.78, 5) is 3.95. The molecule has 0 amide bonds. The van der Waals surface area contributed by atoms with Gasteiger partial charge >= 0.3 is 0 Å². The maximum Gasteiger partial charge on any atom is 0.123 e. The lowest BCUT2D eigenvalue weighted by Gasteiger charge is -2.34. The number of piperidine rings is 1. The Hall–Kier alpha value is -2.43. The van der Waals surface area contributed by atoms with Crippen LogP contribution < -0.4 is 4.74 Å². The van der Waals surface area contributed by atoms with E-state index in [2.05, 4.69) is 59.5 Å². The average Bonchev–Trinajstić information content (AvgIpc) is 2.87. The SMILES string of the molecule is Oc1ccc2c(c1)C(c1ccc(SCCCN3CCCCC3)cc1)C(c1ccccc1)CO2. The van der Waals surface area contributed by atoms with E-state index in [1.165, 1.54) is 61.3 Å². The van der Waals surface area contributed by atoms with Gasteiger partial charge in [0.15, 0.2) is 0 Å². The number of fused-ring (bicyclic) bond motifs is 1. The highest BCUT2D eigenvalue weighted by molar-refractivity contribution is 7.99. The molecule has 4 heteroatoms. The molecule has 0 aromatic heterocycles. The van der Waals surface area contributed by atoms with Crippen LogP contribution in [0, 0.1) is 0 Å². The van der Waals surface area contributed by atoms with Gasteiger partial charge < -0.3 is 14.7 Å². The van der Waals surface area contributed by atoms with Crippen LogP contribution in [0.3, 0.4) is 0 Å². The maximum absolute atomic E-state index is 10.2. The fourth-order valence-corrected chi connectivity index (χ4v) is 6.07. The second-order valence-electron chi connectivity index (χ2n) is 9.20. The molecule has 2 unspecified atom stereocenters. The molecule has 0 spiro atoms. The highest BCUT2D eigenvalue weighted by Gasteiger charge is 2.33. The summed E-state index contributed by atoms with van der Waals surface area (Å²) in [6, 6.07) is 25.2. The fraction of sp³-hybridized carbons (Fsp3) is 0.379. The molecule has 172 valence electrons. The Morgan fingerprint density at radius 2 is 1.67 bits per heavy atom. The van der Waals surface area contributed by atoms with Crippen molar-refractivity contribution in [1.29, 1.82) is 0 Å². The van der Waals surface area contributed by atoms with Gasteiger partial charge in [-0.15, -0.1) is 11.8 Å². The molecular weight excluding hydrogens is 426 g/mol. The molecule has 3 nitrogen and oxygen atoms in total. The van der Waals surface area contributed by atoms with Gasteiger partial charge in [-0.25, -0.2) is 0 Å². The van der Waals surface area contributed by atoms with Gasteiger partial charge in [0.1, 0.15) is 11.5 Å². The zero-order chi connectivity index (χ0) is 22.5. The summed E-state index contributed by atoms with van der Waals surface area (Å²) in [6.07, 6.45) is 5.38. The van der Waals surface area contributed by atoms with Crippen molar-refractivity contribution in [3.63, 3.8) is 0 Å². The quantitative estimate of drug-likeness (QED) is 0.316. The largest absolute Gasteiger partial charge is 0.508 e. The predicted molar refractivity (Wildman–Crippen MR) is 137 cm³/mol. The Kier molecular flexibility index (Phi) is 7.23. The summed E-state index contributed by atoms with van der Waals surface area (Å²) in [7, 11) is 0. The lowest BCUT2D eigenvalue weighted by molar-refractivity contribution is 0.230. The van der Waals surface area contributed by atoms with Crippen molar-refractivity contribution in [1.82, 2.24) is 4.90 Å². The van der Waals surface area contributed by atoms with E-state index in [-0.39, 0.29) is 17.6 Å². The van der Waals surface area contributed by atoms with Crippen LogP contribution in [0.1, 0.15) is 54.2 Å². The van der Waals surface area contributed by atoms with Crippen molar-refractivity contribution in [3.8, 4) is 11.5 Å². The standard InChI is InChI=1S/C29H33NO2S/c31-24-12-15-28-26(20-24)29(27(21-32-28)22-8-3-1-4-9-22)23-10-13-25(14-11-23)33-19-7-18-30-16-5-2-6-17-30/h1,3-4,8-15,20,27,29,31H,2,5-7,16-19,21H2. The van der Waals surface area contributed by atoms with Gasteiger partial charge in [0.2, 0.25) is 0 Å². The summed E-state index contributed by atoms with van der Waals surface area (Å²) in [5.41, 5.74) is 3.61. The van der Waals surface area contributed by atoms with Crippen LogP contribution in [0.2, 0.25) is 0 Å². The van der Waals surface area contributed by atoms with Crippen molar-refractivity contribution in [2.45, 2.75) is 42.4 Å². The minimum absolute atomic E-state index is 0.154. The minimum atomic E-state index is 0.154. The number of phenolic OH excluding ortho intramolecular Hbond substituents is 1. The molecule has 1 N–H and O–H groups in total. The summed E-state index contributed by atoms with van der Waals surface area (Å²) < 4.78 is 6.12. The zero-order valence-electron chi connectivity index (χ0n) is 19.2. The van der Waals surface area contributed by atoms with Gasteiger partial charge in [0, 0.05) is 22.3 Å². The zero-order valence-corrected chi connectivity index (χ0v) is 20.0. The Bertz CT molecular complexity index is 1030. The molecule has 3 aromatic rings. The number of benzene rings is 3. The molecule has 0 radical (unpaired) electrons. The number of ether oxygens (including phenoxy) is 1. The maximum atomic E-state index is 10.2. The molecule has 5 rings (SSSR count). The first-order valence-corrected chi connectivity index (χ1v) is 13.2. The molecule has 1 fully saturated rings. The van der Waals surface area contributed by atoms with Crippen LogP contribution >= 0.6 is 11.8 Å². The van der Waals surface area contributed by atoms with Crippen LogP contribution in [0.15, 0.2) is 77.7 Å².